The smallest absolute Gasteiger partial charge is 0.366 e. The van der Waals surface area contributed by atoms with Gasteiger partial charge < -0.3 is 10.1 Å². The average Bonchev–Trinajstić information content (AvgIpc) is 2.27. The lowest BCUT2D eigenvalue weighted by atomic mass is 9.89. The van der Waals surface area contributed by atoms with Crippen molar-refractivity contribution in [3.63, 3.8) is 0 Å². The van der Waals surface area contributed by atoms with Crippen molar-refractivity contribution in [2.45, 2.75) is 70.3 Å². The normalized spacial score (nSPS) is 28.3. The van der Waals surface area contributed by atoms with Crippen molar-refractivity contribution < 1.29 is 17.9 Å². The second-order valence-corrected chi connectivity index (χ2v) is 5.51. The van der Waals surface area contributed by atoms with E-state index in [1.165, 1.54) is 0 Å². The average molecular weight is 267 g/mol. The van der Waals surface area contributed by atoms with Crippen molar-refractivity contribution in [1.82, 2.24) is 5.32 Å². The molecule has 1 heterocycles. The number of alkyl halides is 3. The predicted molar refractivity (Wildman–Crippen MR) is 65.6 cm³/mol. The number of hydrogen-bond donors (Lipinski definition) is 1. The zero-order chi connectivity index (χ0) is 13.9. The van der Waals surface area contributed by atoms with Crippen LogP contribution in [0.4, 0.5) is 13.2 Å². The van der Waals surface area contributed by atoms with Gasteiger partial charge >= 0.3 is 6.18 Å². The summed E-state index contributed by atoms with van der Waals surface area (Å²) in [6.07, 6.45) is -2.45. The van der Waals surface area contributed by atoms with Gasteiger partial charge in [0.2, 0.25) is 0 Å². The van der Waals surface area contributed by atoms with Gasteiger partial charge in [-0.15, -0.1) is 0 Å². The number of rotatable bonds is 5. The van der Waals surface area contributed by atoms with E-state index >= 15 is 0 Å². The first kappa shape index (κ1) is 15.8. The molecule has 0 radical (unpaired) electrons. The molecule has 108 valence electrons. The second-order valence-electron chi connectivity index (χ2n) is 5.51. The van der Waals surface area contributed by atoms with E-state index in [0.717, 1.165) is 19.4 Å². The Bertz CT molecular complexity index is 263. The van der Waals surface area contributed by atoms with Crippen LogP contribution in [-0.2, 0) is 4.74 Å². The summed E-state index contributed by atoms with van der Waals surface area (Å²) in [4.78, 5) is 0. The fraction of sp³-hybridized carbons (Fsp3) is 1.00. The van der Waals surface area contributed by atoms with Crippen molar-refractivity contribution in [3.8, 4) is 0 Å². The van der Waals surface area contributed by atoms with Crippen molar-refractivity contribution in [2.75, 3.05) is 13.1 Å². The zero-order valence-electron chi connectivity index (χ0n) is 11.5. The summed E-state index contributed by atoms with van der Waals surface area (Å²) in [6, 6.07) is 0. The topological polar surface area (TPSA) is 21.3 Å². The van der Waals surface area contributed by atoms with Crippen LogP contribution in [0.3, 0.4) is 0 Å². The second kappa shape index (κ2) is 5.78. The third kappa shape index (κ3) is 4.43. The molecular weight excluding hydrogens is 243 g/mol. The van der Waals surface area contributed by atoms with Gasteiger partial charge in [-0.3, -0.25) is 0 Å². The third-order valence-corrected chi connectivity index (χ3v) is 3.86. The van der Waals surface area contributed by atoms with Gasteiger partial charge in [-0.25, -0.2) is 0 Å². The van der Waals surface area contributed by atoms with E-state index in [-0.39, 0.29) is 12.0 Å². The van der Waals surface area contributed by atoms with E-state index in [1.54, 1.807) is 0 Å². The fourth-order valence-corrected chi connectivity index (χ4v) is 2.60. The Morgan fingerprint density at radius 1 is 1.17 bits per heavy atom. The van der Waals surface area contributed by atoms with Gasteiger partial charge in [0, 0.05) is 19.5 Å². The van der Waals surface area contributed by atoms with Crippen LogP contribution in [0.15, 0.2) is 0 Å². The van der Waals surface area contributed by atoms with E-state index in [9.17, 15) is 13.2 Å². The molecule has 0 spiro atoms. The highest BCUT2D eigenvalue weighted by Gasteiger charge is 2.41. The maximum Gasteiger partial charge on any atom is 0.389 e. The molecule has 1 rings (SSSR count). The van der Waals surface area contributed by atoms with Gasteiger partial charge in [-0.1, -0.05) is 13.8 Å². The van der Waals surface area contributed by atoms with Gasteiger partial charge in [-0.2, -0.15) is 13.2 Å². The Morgan fingerprint density at radius 3 is 2.28 bits per heavy atom. The molecule has 0 saturated carbocycles. The van der Waals surface area contributed by atoms with Gasteiger partial charge in [0.1, 0.15) is 0 Å². The fourth-order valence-electron chi connectivity index (χ4n) is 2.60. The van der Waals surface area contributed by atoms with Gasteiger partial charge in [0.05, 0.1) is 11.2 Å². The number of nitrogens with one attached hydrogen (secondary N) is 1. The minimum atomic E-state index is -4.06. The third-order valence-electron chi connectivity index (χ3n) is 3.86. The van der Waals surface area contributed by atoms with Crippen LogP contribution in [0.5, 0.6) is 0 Å². The highest BCUT2D eigenvalue weighted by molar-refractivity contribution is 4.93. The molecule has 0 aromatic rings. The number of morpholine rings is 1. The van der Waals surface area contributed by atoms with Crippen molar-refractivity contribution in [2.24, 2.45) is 0 Å². The van der Waals surface area contributed by atoms with E-state index in [4.69, 9.17) is 4.74 Å². The van der Waals surface area contributed by atoms with Crippen molar-refractivity contribution >= 4 is 0 Å². The van der Waals surface area contributed by atoms with Crippen LogP contribution in [0.1, 0.15) is 52.9 Å². The molecule has 1 saturated heterocycles. The maximum absolute atomic E-state index is 12.2. The molecule has 1 atom stereocenters. The maximum atomic E-state index is 12.2. The molecule has 5 heteroatoms. The minimum Gasteiger partial charge on any atom is -0.366 e. The van der Waals surface area contributed by atoms with Gasteiger partial charge in [0.15, 0.2) is 0 Å². The first-order chi connectivity index (χ1) is 8.24. The summed E-state index contributed by atoms with van der Waals surface area (Å²) in [6.45, 7) is 7.45. The standard InChI is InChI=1S/C13H24F3NO/c1-4-12(5-2)10-17-9-11(3,18-12)7-6-8-13(14,15)16/h17H,4-10H2,1-3H3. The molecule has 0 amide bonds. The molecule has 0 bridgehead atoms. The van der Waals surface area contributed by atoms with Crippen LogP contribution in [0.2, 0.25) is 0 Å². The lowest BCUT2D eigenvalue weighted by molar-refractivity contribution is -0.181. The monoisotopic (exact) mass is 267 g/mol. The van der Waals surface area contributed by atoms with Crippen LogP contribution >= 0.6 is 0 Å². The molecule has 1 aliphatic rings. The molecule has 0 aromatic carbocycles. The Balaban J connectivity index is 2.52. The molecule has 1 unspecified atom stereocenters. The summed E-state index contributed by atoms with van der Waals surface area (Å²) in [5.74, 6) is 0. The number of halogens is 3. The minimum absolute atomic E-state index is 0.130. The van der Waals surface area contributed by atoms with Crippen LogP contribution in [0.25, 0.3) is 0 Å². The number of ether oxygens (including phenoxy) is 1. The summed E-state index contributed by atoms with van der Waals surface area (Å²) >= 11 is 0. The van der Waals surface area contributed by atoms with Crippen LogP contribution < -0.4 is 5.32 Å². The van der Waals surface area contributed by atoms with Crippen LogP contribution in [-0.4, -0.2) is 30.5 Å². The van der Waals surface area contributed by atoms with Crippen molar-refractivity contribution in [1.29, 1.82) is 0 Å². The Labute approximate surface area is 107 Å². The predicted octanol–water partition coefficient (Wildman–Crippen LogP) is 3.66. The summed E-state index contributed by atoms with van der Waals surface area (Å²) < 4.78 is 42.6. The SMILES string of the molecule is CCC1(CC)CNCC(C)(CCCC(F)(F)F)O1. The van der Waals surface area contributed by atoms with Crippen LogP contribution in [0, 0.1) is 0 Å². The molecule has 1 aliphatic heterocycles. The highest BCUT2D eigenvalue weighted by atomic mass is 19.4. The van der Waals surface area contributed by atoms with E-state index in [1.807, 2.05) is 6.92 Å². The molecule has 18 heavy (non-hydrogen) atoms. The first-order valence-corrected chi connectivity index (χ1v) is 6.72. The lowest BCUT2D eigenvalue weighted by Gasteiger charge is -2.47. The quantitative estimate of drug-likeness (QED) is 0.821. The van der Waals surface area contributed by atoms with Crippen molar-refractivity contribution in [3.05, 3.63) is 0 Å². The molecular formula is C13H24F3NO. The van der Waals surface area contributed by atoms with E-state index < -0.39 is 18.2 Å². The zero-order valence-corrected chi connectivity index (χ0v) is 11.5. The Kier molecular flexibility index (Phi) is 5.06. The molecule has 1 fully saturated rings. The van der Waals surface area contributed by atoms with Gasteiger partial charge in [0.25, 0.3) is 0 Å². The molecule has 2 nitrogen and oxygen atoms in total. The van der Waals surface area contributed by atoms with Gasteiger partial charge in [-0.05, 0) is 32.6 Å². The largest absolute Gasteiger partial charge is 0.389 e. The summed E-state index contributed by atoms with van der Waals surface area (Å²) in [7, 11) is 0. The Morgan fingerprint density at radius 2 is 1.78 bits per heavy atom. The molecule has 0 aliphatic carbocycles. The molecule has 1 N–H and O–H groups in total. The van der Waals surface area contributed by atoms with E-state index in [0.29, 0.717) is 13.0 Å². The lowest BCUT2D eigenvalue weighted by Crippen LogP contribution is -2.58. The highest BCUT2D eigenvalue weighted by Crippen LogP contribution is 2.34. The molecule has 0 aromatic heterocycles. The summed E-state index contributed by atoms with van der Waals surface area (Å²) in [5, 5.41) is 3.31. The summed E-state index contributed by atoms with van der Waals surface area (Å²) in [5.41, 5.74) is -0.694. The first-order valence-electron chi connectivity index (χ1n) is 6.72. The Hall–Kier alpha value is -0.290. The number of hydrogen-bond acceptors (Lipinski definition) is 2. The van der Waals surface area contributed by atoms with E-state index in [2.05, 4.69) is 19.2 Å².